The molecule has 3 aromatic rings. The molecular weight excluding hydrogens is 396 g/mol. The van der Waals surface area contributed by atoms with E-state index in [-0.39, 0.29) is 5.91 Å². The first kappa shape index (κ1) is 22.1. The van der Waals surface area contributed by atoms with Gasteiger partial charge in [-0.2, -0.15) is 0 Å². The number of fused-ring (bicyclic) bond motifs is 2. The van der Waals surface area contributed by atoms with Gasteiger partial charge in [-0.05, 0) is 74.8 Å². The fourth-order valence-electron chi connectivity index (χ4n) is 4.56. The summed E-state index contributed by atoms with van der Waals surface area (Å²) in [6.45, 7) is 2.94. The minimum absolute atomic E-state index is 0.0357. The van der Waals surface area contributed by atoms with Crippen LogP contribution in [0.5, 0.6) is 0 Å². The molecule has 0 bridgehead atoms. The number of rotatable bonds is 9. The highest BCUT2D eigenvalue weighted by Crippen LogP contribution is 2.33. The Balaban J connectivity index is 1.22. The van der Waals surface area contributed by atoms with Crippen LogP contribution in [0.2, 0.25) is 0 Å². The third-order valence-electron chi connectivity index (χ3n) is 6.28. The lowest BCUT2D eigenvalue weighted by Crippen LogP contribution is -2.13. The van der Waals surface area contributed by atoms with Crippen LogP contribution in [0.1, 0.15) is 61.8 Å². The average molecular weight is 431 g/mol. The highest BCUT2D eigenvalue weighted by molar-refractivity contribution is 5.94. The SMILES string of the molecule is Cc1ccc(NC(=O)CCCCCCNc2c3c(nc4ccccc24)CCCC3)c(N)c1. The number of benzene rings is 2. The van der Waals surface area contributed by atoms with E-state index in [4.69, 9.17) is 10.7 Å². The second kappa shape index (κ2) is 10.5. The molecule has 0 atom stereocenters. The molecule has 32 heavy (non-hydrogen) atoms. The summed E-state index contributed by atoms with van der Waals surface area (Å²) in [5, 5.41) is 7.89. The van der Waals surface area contributed by atoms with Crippen LogP contribution in [-0.4, -0.2) is 17.4 Å². The Morgan fingerprint density at radius 1 is 1.03 bits per heavy atom. The quantitative estimate of drug-likeness (QED) is 0.287. The van der Waals surface area contributed by atoms with E-state index < -0.39 is 0 Å². The first-order valence-corrected chi connectivity index (χ1v) is 11.9. The fraction of sp³-hybridized carbons (Fsp3) is 0.407. The normalized spacial score (nSPS) is 13.0. The summed E-state index contributed by atoms with van der Waals surface area (Å²) in [6.07, 6.45) is 9.37. The van der Waals surface area contributed by atoms with Gasteiger partial charge in [-0.1, -0.05) is 37.1 Å². The van der Waals surface area contributed by atoms with Gasteiger partial charge in [0.25, 0.3) is 0 Å². The maximum atomic E-state index is 12.2. The molecule has 0 saturated carbocycles. The van der Waals surface area contributed by atoms with Gasteiger partial charge in [-0.3, -0.25) is 9.78 Å². The molecule has 4 N–H and O–H groups in total. The van der Waals surface area contributed by atoms with E-state index in [0.29, 0.717) is 17.8 Å². The van der Waals surface area contributed by atoms with Crippen molar-refractivity contribution in [3.05, 3.63) is 59.3 Å². The van der Waals surface area contributed by atoms with Crippen molar-refractivity contribution in [2.24, 2.45) is 0 Å². The molecule has 2 aromatic carbocycles. The largest absolute Gasteiger partial charge is 0.397 e. The zero-order valence-electron chi connectivity index (χ0n) is 19.0. The summed E-state index contributed by atoms with van der Waals surface area (Å²) in [7, 11) is 0. The summed E-state index contributed by atoms with van der Waals surface area (Å²) in [5.41, 5.74) is 13.5. The van der Waals surface area contributed by atoms with Gasteiger partial charge in [0.05, 0.1) is 16.9 Å². The maximum Gasteiger partial charge on any atom is 0.224 e. The van der Waals surface area contributed by atoms with Gasteiger partial charge in [0.15, 0.2) is 0 Å². The number of aryl methyl sites for hydroxylation is 2. The molecule has 1 aliphatic rings. The van der Waals surface area contributed by atoms with E-state index in [1.165, 1.54) is 35.2 Å². The Labute approximate surface area is 190 Å². The van der Waals surface area contributed by atoms with Gasteiger partial charge in [-0.15, -0.1) is 0 Å². The molecule has 1 amide bonds. The number of hydrogen-bond donors (Lipinski definition) is 3. The monoisotopic (exact) mass is 430 g/mol. The third kappa shape index (κ3) is 5.39. The summed E-state index contributed by atoms with van der Waals surface area (Å²) in [6, 6.07) is 14.2. The Kier molecular flexibility index (Phi) is 7.25. The van der Waals surface area contributed by atoms with Crippen molar-refractivity contribution in [1.29, 1.82) is 0 Å². The molecule has 0 unspecified atom stereocenters. The molecule has 1 heterocycles. The topological polar surface area (TPSA) is 80.0 Å². The molecule has 0 aliphatic heterocycles. The molecule has 0 fully saturated rings. The highest BCUT2D eigenvalue weighted by atomic mass is 16.1. The Bertz CT molecular complexity index is 1090. The van der Waals surface area contributed by atoms with Crippen LogP contribution in [-0.2, 0) is 17.6 Å². The van der Waals surface area contributed by atoms with Gasteiger partial charge in [0, 0.05) is 29.7 Å². The van der Waals surface area contributed by atoms with Crippen molar-refractivity contribution < 1.29 is 4.79 Å². The van der Waals surface area contributed by atoms with Crippen LogP contribution in [0.15, 0.2) is 42.5 Å². The van der Waals surface area contributed by atoms with Gasteiger partial charge in [0.1, 0.15) is 0 Å². The average Bonchev–Trinajstić information content (AvgIpc) is 2.79. The van der Waals surface area contributed by atoms with E-state index in [1.54, 1.807) is 0 Å². The Hall–Kier alpha value is -3.08. The van der Waals surface area contributed by atoms with Gasteiger partial charge >= 0.3 is 0 Å². The fourth-order valence-corrected chi connectivity index (χ4v) is 4.56. The number of pyridine rings is 1. The van der Waals surface area contributed by atoms with Crippen LogP contribution in [0.25, 0.3) is 10.9 Å². The van der Waals surface area contributed by atoms with Gasteiger partial charge in [-0.25, -0.2) is 0 Å². The number of aromatic nitrogens is 1. The van der Waals surface area contributed by atoms with Crippen LogP contribution >= 0.6 is 0 Å². The first-order chi connectivity index (χ1) is 15.6. The second-order valence-electron chi connectivity index (χ2n) is 8.87. The van der Waals surface area contributed by atoms with E-state index in [0.717, 1.165) is 56.1 Å². The molecule has 5 nitrogen and oxygen atoms in total. The standard InChI is InChI=1S/C27H34N4O/c1-19-15-16-25(22(28)18-19)31-26(32)14-4-2-3-9-17-29-27-20-10-5-7-12-23(20)30-24-13-8-6-11-21(24)27/h5,7,10,12,15-16,18H,2-4,6,8-9,11,13-14,17,28H2,1H3,(H,29,30)(H,31,32). The van der Waals surface area contributed by atoms with Crippen molar-refractivity contribution in [3.8, 4) is 0 Å². The van der Waals surface area contributed by atoms with Crippen molar-refractivity contribution >= 4 is 33.9 Å². The molecule has 4 rings (SSSR count). The number of amides is 1. The number of anilines is 3. The van der Waals surface area contributed by atoms with Gasteiger partial charge < -0.3 is 16.4 Å². The predicted molar refractivity (Wildman–Crippen MR) is 134 cm³/mol. The number of carbonyl (C=O) groups is 1. The number of carbonyl (C=O) groups excluding carboxylic acids is 1. The number of para-hydroxylation sites is 1. The smallest absolute Gasteiger partial charge is 0.224 e. The molecule has 168 valence electrons. The van der Waals surface area contributed by atoms with Crippen molar-refractivity contribution in [3.63, 3.8) is 0 Å². The second-order valence-corrected chi connectivity index (χ2v) is 8.87. The molecule has 0 saturated heterocycles. The Morgan fingerprint density at radius 2 is 1.84 bits per heavy atom. The third-order valence-corrected chi connectivity index (χ3v) is 6.28. The lowest BCUT2D eigenvalue weighted by Gasteiger charge is -2.21. The van der Waals surface area contributed by atoms with E-state index in [1.807, 2.05) is 25.1 Å². The van der Waals surface area contributed by atoms with Crippen LogP contribution < -0.4 is 16.4 Å². The number of nitrogens with one attached hydrogen (secondary N) is 2. The maximum absolute atomic E-state index is 12.2. The minimum Gasteiger partial charge on any atom is -0.397 e. The van der Waals surface area contributed by atoms with Gasteiger partial charge in [0.2, 0.25) is 5.91 Å². The zero-order chi connectivity index (χ0) is 22.3. The molecule has 1 aliphatic carbocycles. The lowest BCUT2D eigenvalue weighted by molar-refractivity contribution is -0.116. The van der Waals surface area contributed by atoms with E-state index in [2.05, 4.69) is 34.9 Å². The van der Waals surface area contributed by atoms with E-state index in [9.17, 15) is 4.79 Å². The van der Waals surface area contributed by atoms with Crippen LogP contribution in [0, 0.1) is 6.92 Å². The van der Waals surface area contributed by atoms with Crippen molar-refractivity contribution in [1.82, 2.24) is 4.98 Å². The van der Waals surface area contributed by atoms with Crippen LogP contribution in [0.3, 0.4) is 0 Å². The predicted octanol–water partition coefficient (Wildman–Crippen LogP) is 6.01. The molecule has 0 radical (unpaired) electrons. The summed E-state index contributed by atoms with van der Waals surface area (Å²) < 4.78 is 0. The number of nitrogens with two attached hydrogens (primary N) is 1. The molecule has 5 heteroatoms. The number of unbranched alkanes of at least 4 members (excludes halogenated alkanes) is 3. The molecule has 1 aromatic heterocycles. The first-order valence-electron chi connectivity index (χ1n) is 11.9. The summed E-state index contributed by atoms with van der Waals surface area (Å²) >= 11 is 0. The van der Waals surface area contributed by atoms with Crippen molar-refractivity contribution in [2.75, 3.05) is 22.9 Å². The number of nitrogens with zero attached hydrogens (tertiary/aromatic N) is 1. The summed E-state index contributed by atoms with van der Waals surface area (Å²) in [4.78, 5) is 17.1. The minimum atomic E-state index is 0.0357. The van der Waals surface area contributed by atoms with Crippen LogP contribution in [0.4, 0.5) is 17.1 Å². The zero-order valence-corrected chi connectivity index (χ0v) is 19.0. The Morgan fingerprint density at radius 3 is 2.72 bits per heavy atom. The summed E-state index contributed by atoms with van der Waals surface area (Å²) in [5.74, 6) is 0.0357. The lowest BCUT2D eigenvalue weighted by atomic mass is 9.92. The van der Waals surface area contributed by atoms with E-state index >= 15 is 0 Å². The molecule has 0 spiro atoms. The number of hydrogen-bond acceptors (Lipinski definition) is 4. The molecular formula is C27H34N4O. The number of nitrogen functional groups attached to an aromatic ring is 1. The van der Waals surface area contributed by atoms with Crippen molar-refractivity contribution in [2.45, 2.75) is 64.7 Å². The highest BCUT2D eigenvalue weighted by Gasteiger charge is 2.17.